The minimum atomic E-state index is 0.149. The molecule has 0 saturated carbocycles. The number of fused-ring (bicyclic) bond motifs is 1. The minimum Gasteiger partial charge on any atom is -0.440 e. The topological polar surface area (TPSA) is 73.6 Å². The zero-order valence-corrected chi connectivity index (χ0v) is 7.19. The number of nitriles is 2. The summed E-state index contributed by atoms with van der Waals surface area (Å²) in [5, 5.41) is 17.1. The molecule has 0 saturated heterocycles. The molecule has 1 heterocycles. The maximum Gasteiger partial charge on any atom is 0.209 e. The highest BCUT2D eigenvalue weighted by Gasteiger charge is 2.05. The molecular formula is C10H5N3O. The molecule has 66 valence electrons. The van der Waals surface area contributed by atoms with Crippen LogP contribution in [0.15, 0.2) is 22.6 Å². The van der Waals surface area contributed by atoms with Gasteiger partial charge in [-0.15, -0.1) is 0 Å². The Kier molecular flexibility index (Phi) is 1.89. The lowest BCUT2D eigenvalue weighted by Gasteiger charge is -1.85. The van der Waals surface area contributed by atoms with Crippen molar-refractivity contribution in [3.05, 3.63) is 29.7 Å². The molecule has 2 rings (SSSR count). The van der Waals surface area contributed by atoms with E-state index in [4.69, 9.17) is 14.9 Å². The fraction of sp³-hybridized carbons (Fsp3) is 0.100. The summed E-state index contributed by atoms with van der Waals surface area (Å²) in [6, 6.07) is 8.95. The van der Waals surface area contributed by atoms with E-state index in [9.17, 15) is 0 Å². The summed E-state index contributed by atoms with van der Waals surface area (Å²) in [6.45, 7) is 0. The summed E-state index contributed by atoms with van der Waals surface area (Å²) in [5.74, 6) is 0.387. The Balaban J connectivity index is 2.57. The second kappa shape index (κ2) is 3.20. The van der Waals surface area contributed by atoms with Crippen LogP contribution in [0.5, 0.6) is 0 Å². The summed E-state index contributed by atoms with van der Waals surface area (Å²) in [6.07, 6.45) is 0.149. The molecule has 0 atom stereocenters. The van der Waals surface area contributed by atoms with Crippen LogP contribution in [-0.2, 0) is 6.42 Å². The Morgan fingerprint density at radius 2 is 2.21 bits per heavy atom. The fourth-order valence-electron chi connectivity index (χ4n) is 1.19. The highest BCUT2D eigenvalue weighted by atomic mass is 16.3. The number of hydrogen-bond acceptors (Lipinski definition) is 4. The van der Waals surface area contributed by atoms with Crippen molar-refractivity contribution in [2.75, 3.05) is 0 Å². The van der Waals surface area contributed by atoms with Gasteiger partial charge in [-0.1, -0.05) is 0 Å². The number of aromatic nitrogens is 1. The van der Waals surface area contributed by atoms with Gasteiger partial charge in [-0.25, -0.2) is 4.98 Å². The van der Waals surface area contributed by atoms with Gasteiger partial charge < -0.3 is 4.42 Å². The first-order chi connectivity index (χ1) is 6.83. The third kappa shape index (κ3) is 1.30. The molecule has 2 aromatic rings. The number of oxazole rings is 1. The summed E-state index contributed by atoms with van der Waals surface area (Å²) in [4.78, 5) is 4.08. The van der Waals surface area contributed by atoms with Crippen molar-refractivity contribution >= 4 is 11.1 Å². The van der Waals surface area contributed by atoms with E-state index in [0.717, 1.165) is 0 Å². The Bertz CT molecular complexity index is 557. The normalized spacial score (nSPS) is 9.57. The molecule has 0 amide bonds. The first-order valence-electron chi connectivity index (χ1n) is 4.00. The van der Waals surface area contributed by atoms with Crippen molar-refractivity contribution in [1.29, 1.82) is 10.5 Å². The van der Waals surface area contributed by atoms with Gasteiger partial charge in [0.25, 0.3) is 0 Å². The molecule has 0 spiro atoms. The Morgan fingerprint density at radius 1 is 1.36 bits per heavy atom. The SMILES string of the molecule is N#CCc1nc2ccc(C#N)cc2o1. The Morgan fingerprint density at radius 3 is 2.93 bits per heavy atom. The molecule has 1 aromatic carbocycles. The maximum absolute atomic E-state index is 8.64. The molecule has 0 radical (unpaired) electrons. The lowest BCUT2D eigenvalue weighted by molar-refractivity contribution is 0.548. The van der Waals surface area contributed by atoms with Gasteiger partial charge in [0.05, 0.1) is 17.7 Å². The van der Waals surface area contributed by atoms with Gasteiger partial charge in [-0.2, -0.15) is 10.5 Å². The zero-order chi connectivity index (χ0) is 9.97. The molecule has 0 bridgehead atoms. The second-order valence-electron chi connectivity index (χ2n) is 2.74. The van der Waals surface area contributed by atoms with Crippen molar-refractivity contribution in [2.24, 2.45) is 0 Å². The van der Waals surface area contributed by atoms with E-state index in [1.54, 1.807) is 18.2 Å². The van der Waals surface area contributed by atoms with Crippen LogP contribution in [-0.4, -0.2) is 4.98 Å². The van der Waals surface area contributed by atoms with E-state index in [-0.39, 0.29) is 6.42 Å². The van der Waals surface area contributed by atoms with Gasteiger partial charge in [0.2, 0.25) is 5.89 Å². The number of nitrogens with zero attached hydrogens (tertiary/aromatic N) is 3. The Hall–Kier alpha value is -2.33. The lowest BCUT2D eigenvalue weighted by Crippen LogP contribution is -1.77. The third-order valence-electron chi connectivity index (χ3n) is 1.79. The summed E-state index contributed by atoms with van der Waals surface area (Å²) >= 11 is 0. The Labute approximate surface area is 80.0 Å². The smallest absolute Gasteiger partial charge is 0.209 e. The van der Waals surface area contributed by atoms with Crippen LogP contribution in [0.2, 0.25) is 0 Å². The van der Waals surface area contributed by atoms with E-state index in [0.29, 0.717) is 22.6 Å². The van der Waals surface area contributed by atoms with E-state index in [1.165, 1.54) is 0 Å². The highest BCUT2D eigenvalue weighted by Crippen LogP contribution is 2.16. The van der Waals surface area contributed by atoms with Crippen LogP contribution in [0.25, 0.3) is 11.1 Å². The summed E-state index contributed by atoms with van der Waals surface area (Å²) < 4.78 is 5.27. The van der Waals surface area contributed by atoms with Crippen LogP contribution in [0, 0.1) is 22.7 Å². The van der Waals surface area contributed by atoms with Gasteiger partial charge in [0, 0.05) is 6.07 Å². The zero-order valence-electron chi connectivity index (χ0n) is 7.19. The molecule has 0 N–H and O–H groups in total. The van der Waals surface area contributed by atoms with E-state index in [2.05, 4.69) is 4.98 Å². The number of hydrogen-bond donors (Lipinski definition) is 0. The molecule has 4 heteroatoms. The van der Waals surface area contributed by atoms with Crippen LogP contribution in [0.3, 0.4) is 0 Å². The minimum absolute atomic E-state index is 0.149. The first-order valence-corrected chi connectivity index (χ1v) is 4.00. The van der Waals surface area contributed by atoms with Crippen molar-refractivity contribution in [3.8, 4) is 12.1 Å². The van der Waals surface area contributed by atoms with Crippen LogP contribution in [0.4, 0.5) is 0 Å². The molecule has 0 aliphatic heterocycles. The van der Waals surface area contributed by atoms with Crippen molar-refractivity contribution in [3.63, 3.8) is 0 Å². The number of benzene rings is 1. The van der Waals surface area contributed by atoms with Crippen molar-refractivity contribution in [1.82, 2.24) is 4.98 Å². The third-order valence-corrected chi connectivity index (χ3v) is 1.79. The largest absolute Gasteiger partial charge is 0.440 e. The predicted molar refractivity (Wildman–Crippen MR) is 48.0 cm³/mol. The van der Waals surface area contributed by atoms with Crippen LogP contribution >= 0.6 is 0 Å². The second-order valence-corrected chi connectivity index (χ2v) is 2.74. The molecular weight excluding hydrogens is 178 g/mol. The molecule has 0 aliphatic rings. The van der Waals surface area contributed by atoms with Gasteiger partial charge in [0.1, 0.15) is 11.9 Å². The van der Waals surface area contributed by atoms with E-state index in [1.807, 2.05) is 12.1 Å². The predicted octanol–water partition coefficient (Wildman–Crippen LogP) is 1.77. The van der Waals surface area contributed by atoms with Crippen LogP contribution < -0.4 is 0 Å². The maximum atomic E-state index is 8.64. The molecule has 0 unspecified atom stereocenters. The first kappa shape index (κ1) is 8.28. The van der Waals surface area contributed by atoms with Gasteiger partial charge >= 0.3 is 0 Å². The lowest BCUT2D eigenvalue weighted by atomic mass is 10.2. The van der Waals surface area contributed by atoms with Gasteiger partial charge in [0.15, 0.2) is 5.58 Å². The van der Waals surface area contributed by atoms with Gasteiger partial charge in [-0.05, 0) is 12.1 Å². The molecule has 14 heavy (non-hydrogen) atoms. The monoisotopic (exact) mass is 183 g/mol. The van der Waals surface area contributed by atoms with E-state index < -0.39 is 0 Å². The van der Waals surface area contributed by atoms with E-state index >= 15 is 0 Å². The fourth-order valence-corrected chi connectivity index (χ4v) is 1.19. The standard InChI is InChI=1S/C10H5N3O/c11-4-3-10-13-8-2-1-7(6-12)5-9(8)14-10/h1-2,5H,3H2. The summed E-state index contributed by atoms with van der Waals surface area (Å²) in [5.41, 5.74) is 1.75. The van der Waals surface area contributed by atoms with Crippen LogP contribution in [0.1, 0.15) is 11.5 Å². The number of rotatable bonds is 1. The van der Waals surface area contributed by atoms with Crippen molar-refractivity contribution < 1.29 is 4.42 Å². The molecule has 4 nitrogen and oxygen atoms in total. The average Bonchev–Trinajstić information content (AvgIpc) is 2.59. The molecule has 0 aliphatic carbocycles. The quantitative estimate of drug-likeness (QED) is 0.675. The molecule has 0 fully saturated rings. The highest BCUT2D eigenvalue weighted by molar-refractivity contribution is 5.74. The van der Waals surface area contributed by atoms with Gasteiger partial charge in [-0.3, -0.25) is 0 Å². The summed E-state index contributed by atoms with van der Waals surface area (Å²) in [7, 11) is 0. The van der Waals surface area contributed by atoms with Crippen molar-refractivity contribution in [2.45, 2.75) is 6.42 Å². The molecule has 1 aromatic heterocycles. The average molecular weight is 183 g/mol.